The molecule has 0 fully saturated rings. The molecule has 0 saturated carbocycles. The summed E-state index contributed by atoms with van der Waals surface area (Å²) in [4.78, 5) is 12.8. The van der Waals surface area contributed by atoms with Crippen molar-refractivity contribution in [1.82, 2.24) is 4.98 Å². The number of aromatic nitrogens is 1. The van der Waals surface area contributed by atoms with Crippen molar-refractivity contribution in [3.63, 3.8) is 0 Å². The van der Waals surface area contributed by atoms with Crippen LogP contribution in [0.4, 0.5) is 15.8 Å². The first-order chi connectivity index (χ1) is 9.81. The first-order valence-electron chi connectivity index (χ1n) is 5.38. The van der Waals surface area contributed by atoms with Crippen molar-refractivity contribution in [3.8, 4) is 0 Å². The number of hydrogen-bond donors (Lipinski definition) is 1. The van der Waals surface area contributed by atoms with Crippen LogP contribution in [0.1, 0.15) is 0 Å². The summed E-state index contributed by atoms with van der Waals surface area (Å²) in [6.45, 7) is 0. The maximum atomic E-state index is 13.5. The predicted molar refractivity (Wildman–Crippen MR) is 73.1 cm³/mol. The lowest BCUT2D eigenvalue weighted by atomic mass is 10.3. The summed E-state index contributed by atoms with van der Waals surface area (Å²) in [5.74, 6) is -1.25. The van der Waals surface area contributed by atoms with Crippen LogP contribution in [0.3, 0.4) is 0 Å². The lowest BCUT2D eigenvalue weighted by Gasteiger charge is -2.08. The fourth-order valence-electron chi connectivity index (χ4n) is 1.47. The molecule has 2 rings (SSSR count). The van der Waals surface area contributed by atoms with E-state index in [1.54, 1.807) is 0 Å². The van der Waals surface area contributed by atoms with Gasteiger partial charge in [-0.1, -0.05) is 11.6 Å². The number of nitrogens with zero attached hydrogens (tertiary/aromatic N) is 2. The molecule has 110 valence electrons. The Kier molecular flexibility index (Phi) is 4.05. The van der Waals surface area contributed by atoms with Gasteiger partial charge in [0.1, 0.15) is 0 Å². The monoisotopic (exact) mass is 331 g/mol. The lowest BCUT2D eigenvalue weighted by Crippen LogP contribution is -2.14. The van der Waals surface area contributed by atoms with Gasteiger partial charge in [0, 0.05) is 18.3 Å². The average Bonchev–Trinajstić information content (AvgIpc) is 2.40. The van der Waals surface area contributed by atoms with E-state index in [4.69, 9.17) is 11.6 Å². The Morgan fingerprint density at radius 1 is 1.33 bits per heavy atom. The van der Waals surface area contributed by atoms with Crippen LogP contribution in [0.2, 0.25) is 5.15 Å². The highest BCUT2D eigenvalue weighted by Gasteiger charge is 2.21. The number of hydrogen-bond acceptors (Lipinski definition) is 5. The highest BCUT2D eigenvalue weighted by atomic mass is 35.5. The van der Waals surface area contributed by atoms with Crippen LogP contribution in [-0.4, -0.2) is 18.3 Å². The molecule has 0 unspecified atom stereocenters. The highest BCUT2D eigenvalue weighted by molar-refractivity contribution is 7.92. The summed E-state index contributed by atoms with van der Waals surface area (Å²) in [5, 5.41) is 10.4. The van der Waals surface area contributed by atoms with Gasteiger partial charge in [-0.3, -0.25) is 14.8 Å². The molecule has 0 atom stereocenters. The first-order valence-corrected chi connectivity index (χ1v) is 7.24. The summed E-state index contributed by atoms with van der Waals surface area (Å²) in [6, 6.07) is 5.09. The van der Waals surface area contributed by atoms with Crippen LogP contribution in [0.25, 0.3) is 0 Å². The molecular formula is C11H7ClFN3O4S. The minimum atomic E-state index is -4.14. The van der Waals surface area contributed by atoms with Gasteiger partial charge in [-0.05, 0) is 18.2 Å². The molecule has 0 aliphatic rings. The van der Waals surface area contributed by atoms with Gasteiger partial charge in [0.25, 0.3) is 10.0 Å². The number of nitro groups is 1. The molecule has 1 heterocycles. The van der Waals surface area contributed by atoms with E-state index in [0.29, 0.717) is 6.07 Å². The third-order valence-electron chi connectivity index (χ3n) is 2.43. The Balaban J connectivity index is 2.39. The summed E-state index contributed by atoms with van der Waals surface area (Å²) in [5.41, 5.74) is -0.800. The second kappa shape index (κ2) is 5.62. The van der Waals surface area contributed by atoms with Gasteiger partial charge in [-0.25, -0.2) is 13.4 Å². The summed E-state index contributed by atoms with van der Waals surface area (Å²) >= 11 is 5.71. The number of anilines is 1. The molecule has 1 aromatic carbocycles. The van der Waals surface area contributed by atoms with E-state index in [1.165, 1.54) is 18.3 Å². The van der Waals surface area contributed by atoms with Crippen molar-refractivity contribution < 1.29 is 17.7 Å². The molecule has 1 N–H and O–H groups in total. The molecule has 10 heteroatoms. The lowest BCUT2D eigenvalue weighted by molar-refractivity contribution is -0.387. The van der Waals surface area contributed by atoms with Crippen LogP contribution in [-0.2, 0) is 10.0 Å². The summed E-state index contributed by atoms with van der Waals surface area (Å²) < 4.78 is 39.7. The van der Waals surface area contributed by atoms with Crippen LogP contribution >= 0.6 is 11.6 Å². The number of halogens is 2. The van der Waals surface area contributed by atoms with E-state index >= 15 is 0 Å². The van der Waals surface area contributed by atoms with Crippen molar-refractivity contribution in [2.24, 2.45) is 0 Å². The summed E-state index contributed by atoms with van der Waals surface area (Å²) in [6.07, 6.45) is 1.37. The van der Waals surface area contributed by atoms with Crippen molar-refractivity contribution in [1.29, 1.82) is 0 Å². The second-order valence-electron chi connectivity index (χ2n) is 3.82. The maximum Gasteiger partial charge on any atom is 0.304 e. The van der Waals surface area contributed by atoms with E-state index in [-0.39, 0.29) is 10.8 Å². The smallest absolute Gasteiger partial charge is 0.276 e. The molecule has 0 aliphatic heterocycles. The first kappa shape index (κ1) is 15.1. The topological polar surface area (TPSA) is 102 Å². The quantitative estimate of drug-likeness (QED) is 0.527. The number of pyridine rings is 1. The molecule has 0 spiro atoms. The number of nitro benzene ring substituents is 1. The molecule has 2 aromatic rings. The molecule has 7 nitrogen and oxygen atoms in total. The van der Waals surface area contributed by atoms with Crippen molar-refractivity contribution in [3.05, 3.63) is 57.6 Å². The van der Waals surface area contributed by atoms with Gasteiger partial charge >= 0.3 is 5.69 Å². The summed E-state index contributed by atoms with van der Waals surface area (Å²) in [7, 11) is -4.14. The van der Waals surface area contributed by atoms with Crippen molar-refractivity contribution in [2.45, 2.75) is 4.90 Å². The van der Waals surface area contributed by atoms with E-state index < -0.39 is 31.3 Å². The average molecular weight is 332 g/mol. The fraction of sp³-hybridized carbons (Fsp3) is 0. The molecule has 0 saturated heterocycles. The van der Waals surface area contributed by atoms with Crippen LogP contribution in [0.5, 0.6) is 0 Å². The highest BCUT2D eigenvalue weighted by Crippen LogP contribution is 2.24. The molecule has 0 bridgehead atoms. The zero-order valence-electron chi connectivity index (χ0n) is 10.2. The van der Waals surface area contributed by atoms with Crippen molar-refractivity contribution in [2.75, 3.05) is 4.72 Å². The number of sulfonamides is 1. The Morgan fingerprint density at radius 3 is 2.62 bits per heavy atom. The van der Waals surface area contributed by atoms with Gasteiger partial charge in [0.2, 0.25) is 5.82 Å². The third kappa shape index (κ3) is 3.26. The SMILES string of the molecule is O=[N+]([O-])c1ccc(S(=O)(=O)Nc2cccnc2Cl)cc1F. The minimum absolute atomic E-state index is 0.0120. The van der Waals surface area contributed by atoms with Gasteiger partial charge in [0.05, 0.1) is 15.5 Å². The Morgan fingerprint density at radius 2 is 2.05 bits per heavy atom. The maximum absolute atomic E-state index is 13.5. The number of rotatable bonds is 4. The van der Waals surface area contributed by atoms with E-state index in [9.17, 15) is 22.9 Å². The molecule has 21 heavy (non-hydrogen) atoms. The zero-order chi connectivity index (χ0) is 15.6. The van der Waals surface area contributed by atoms with Crippen LogP contribution in [0, 0.1) is 15.9 Å². The number of nitrogens with one attached hydrogen (secondary N) is 1. The Hall–Kier alpha value is -2.26. The molecule has 0 amide bonds. The molecule has 0 radical (unpaired) electrons. The molecular weight excluding hydrogens is 325 g/mol. The van der Waals surface area contributed by atoms with E-state index in [2.05, 4.69) is 9.71 Å². The normalized spacial score (nSPS) is 11.1. The van der Waals surface area contributed by atoms with Crippen LogP contribution < -0.4 is 4.72 Å². The fourth-order valence-corrected chi connectivity index (χ4v) is 2.77. The van der Waals surface area contributed by atoms with Gasteiger partial charge in [0.15, 0.2) is 5.15 Å². The van der Waals surface area contributed by atoms with Gasteiger partial charge < -0.3 is 0 Å². The minimum Gasteiger partial charge on any atom is -0.276 e. The standard InChI is InChI=1S/C11H7ClFN3O4S/c12-11-9(2-1-5-14-11)15-21(19,20)7-3-4-10(16(17)18)8(13)6-7/h1-6,15H. The van der Waals surface area contributed by atoms with Gasteiger partial charge in [-0.2, -0.15) is 4.39 Å². The Labute approximate surface area is 123 Å². The Bertz CT molecular complexity index is 813. The molecule has 1 aromatic heterocycles. The van der Waals surface area contributed by atoms with Crippen molar-refractivity contribution >= 4 is 33.0 Å². The van der Waals surface area contributed by atoms with E-state index in [0.717, 1.165) is 12.1 Å². The van der Waals surface area contributed by atoms with E-state index in [1.807, 2.05) is 0 Å². The van der Waals surface area contributed by atoms with Crippen LogP contribution in [0.15, 0.2) is 41.4 Å². The molecule has 0 aliphatic carbocycles. The second-order valence-corrected chi connectivity index (χ2v) is 5.86. The number of benzene rings is 1. The third-order valence-corrected chi connectivity index (χ3v) is 4.09. The predicted octanol–water partition coefficient (Wildman–Crippen LogP) is 2.58. The zero-order valence-corrected chi connectivity index (χ0v) is 11.7. The largest absolute Gasteiger partial charge is 0.304 e. The van der Waals surface area contributed by atoms with Gasteiger partial charge in [-0.15, -0.1) is 0 Å².